The summed E-state index contributed by atoms with van der Waals surface area (Å²) in [5.74, 6) is -3.39. The molecule has 4 atom stereocenters. The van der Waals surface area contributed by atoms with Crippen LogP contribution in [0.15, 0.2) is 71.9 Å². The highest BCUT2D eigenvalue weighted by Crippen LogP contribution is 2.46. The Morgan fingerprint density at radius 3 is 2.48 bits per heavy atom. The fourth-order valence-corrected chi connectivity index (χ4v) is 4.48. The number of benzene rings is 2. The lowest BCUT2D eigenvalue weighted by molar-refractivity contribution is -0.123. The van der Waals surface area contributed by atoms with Gasteiger partial charge in [-0.15, -0.1) is 0 Å². The van der Waals surface area contributed by atoms with Gasteiger partial charge < -0.3 is 0 Å². The third-order valence-electron chi connectivity index (χ3n) is 5.68. The lowest BCUT2D eigenvalue weighted by Gasteiger charge is -2.30. The molecule has 0 saturated carbocycles. The summed E-state index contributed by atoms with van der Waals surface area (Å²) in [5.41, 5.74) is 0.626. The molecule has 5 rings (SSSR count). The van der Waals surface area contributed by atoms with Crippen LogP contribution in [0, 0.1) is 17.7 Å². The molecule has 2 aromatic carbocycles. The summed E-state index contributed by atoms with van der Waals surface area (Å²) in [7, 11) is 0. The van der Waals surface area contributed by atoms with Crippen molar-refractivity contribution in [2.45, 2.75) is 12.1 Å². The number of hydrogen-bond acceptors (Lipinski definition) is 5. The summed E-state index contributed by atoms with van der Waals surface area (Å²) in [6.07, 6.45) is 5.03. The van der Waals surface area contributed by atoms with Crippen LogP contribution in [0.5, 0.6) is 0 Å². The van der Waals surface area contributed by atoms with Crippen LogP contribution in [0.4, 0.5) is 10.1 Å². The van der Waals surface area contributed by atoms with Crippen molar-refractivity contribution in [1.29, 1.82) is 0 Å². The predicted molar refractivity (Wildman–Crippen MR) is 104 cm³/mol. The Morgan fingerprint density at radius 1 is 0.966 bits per heavy atom. The number of allylic oxidation sites excluding steroid dienone is 1. The molecule has 144 valence electrons. The molecule has 0 bridgehead atoms. The van der Waals surface area contributed by atoms with Gasteiger partial charge in [0.2, 0.25) is 11.8 Å². The maximum atomic E-state index is 13.7. The summed E-state index contributed by atoms with van der Waals surface area (Å²) in [6.45, 7) is 0. The smallest absolute Gasteiger partial charge is 0.240 e. The number of hydrogen-bond donors (Lipinski definition) is 0. The van der Waals surface area contributed by atoms with Crippen LogP contribution in [0.3, 0.4) is 0 Å². The second-order valence-electron chi connectivity index (χ2n) is 7.24. The van der Waals surface area contributed by atoms with Crippen molar-refractivity contribution in [3.63, 3.8) is 0 Å². The molecule has 2 saturated heterocycles. The van der Waals surface area contributed by atoms with Gasteiger partial charge in [-0.05, 0) is 24.3 Å². The van der Waals surface area contributed by atoms with Gasteiger partial charge in [-0.3, -0.25) is 19.4 Å². The Kier molecular flexibility index (Phi) is 3.91. The molecule has 2 fully saturated rings. The highest BCUT2D eigenvalue weighted by molar-refractivity contribution is 6.24. The first-order valence-electron chi connectivity index (χ1n) is 9.29. The van der Waals surface area contributed by atoms with Gasteiger partial charge in [0.05, 0.1) is 23.6 Å². The van der Waals surface area contributed by atoms with Gasteiger partial charge in [0.15, 0.2) is 5.78 Å². The predicted octanol–water partition coefficient (Wildman–Crippen LogP) is 2.42. The molecule has 0 spiro atoms. The highest BCUT2D eigenvalue weighted by Gasteiger charge is 2.64. The van der Waals surface area contributed by atoms with Crippen LogP contribution in [0.1, 0.15) is 10.4 Å². The molecule has 7 heteroatoms. The quantitative estimate of drug-likeness (QED) is 0.597. The largest absolute Gasteiger partial charge is 0.292 e. The number of fused-ring (bicyclic) bond motifs is 3. The highest BCUT2D eigenvalue weighted by atomic mass is 19.1. The number of ketones is 1. The zero-order valence-electron chi connectivity index (χ0n) is 15.2. The average Bonchev–Trinajstić information content (AvgIpc) is 3.21. The summed E-state index contributed by atoms with van der Waals surface area (Å²) in [5, 5.41) is 5.86. The normalized spacial score (nSPS) is 27.3. The first-order valence-corrected chi connectivity index (χ1v) is 9.29. The average molecular weight is 389 g/mol. The lowest BCUT2D eigenvalue weighted by Crippen LogP contribution is -2.46. The van der Waals surface area contributed by atoms with Crippen LogP contribution in [0.2, 0.25) is 0 Å². The SMILES string of the molecule is O=C(c1ccccc1)[C@@H]1[C@@H]2C(=O)N(c3cccc(F)c3)C(=O)[C@@H]2[C@H]2C=CC=NN21. The zero-order chi connectivity index (χ0) is 20.1. The number of imide groups is 1. The molecule has 3 aliphatic rings. The number of nitrogens with zero attached hydrogens (tertiary/aromatic N) is 3. The van der Waals surface area contributed by atoms with Crippen LogP contribution in [-0.4, -0.2) is 40.9 Å². The van der Waals surface area contributed by atoms with Crippen LogP contribution in [-0.2, 0) is 9.59 Å². The Morgan fingerprint density at radius 2 is 1.72 bits per heavy atom. The molecule has 3 aliphatic heterocycles. The first kappa shape index (κ1) is 17.5. The molecule has 3 heterocycles. The number of amides is 2. The van der Waals surface area contributed by atoms with Crippen LogP contribution < -0.4 is 4.90 Å². The Bertz CT molecular complexity index is 1080. The number of hydrazone groups is 1. The van der Waals surface area contributed by atoms with E-state index in [0.29, 0.717) is 5.56 Å². The Labute approximate surface area is 165 Å². The minimum Gasteiger partial charge on any atom is -0.292 e. The van der Waals surface area contributed by atoms with Crippen molar-refractivity contribution in [2.75, 3.05) is 4.90 Å². The standard InChI is InChI=1S/C22H16FN3O3/c23-14-8-4-9-15(12-14)25-21(28)17-16-10-5-11-24-26(16)19(18(17)22(25)29)20(27)13-6-2-1-3-7-13/h1-12,16-19H/t16-,17-,18-,19+/m1/s1. The molecule has 0 radical (unpaired) electrons. The summed E-state index contributed by atoms with van der Waals surface area (Å²) in [6, 6.07) is 12.6. The molecule has 0 unspecified atom stereocenters. The van der Waals surface area contributed by atoms with Crippen molar-refractivity contribution >= 4 is 29.5 Å². The molecular weight excluding hydrogens is 373 g/mol. The molecule has 2 aromatic rings. The van der Waals surface area contributed by atoms with E-state index in [1.165, 1.54) is 18.2 Å². The van der Waals surface area contributed by atoms with Gasteiger partial charge in [0.25, 0.3) is 0 Å². The van der Waals surface area contributed by atoms with Gasteiger partial charge in [-0.25, -0.2) is 9.29 Å². The molecule has 2 amide bonds. The summed E-state index contributed by atoms with van der Waals surface area (Å²) < 4.78 is 13.7. The molecule has 6 nitrogen and oxygen atoms in total. The van der Waals surface area contributed by atoms with E-state index in [1.54, 1.807) is 53.7 Å². The third-order valence-corrected chi connectivity index (χ3v) is 5.68. The topological polar surface area (TPSA) is 70.0 Å². The van der Waals surface area contributed by atoms with E-state index >= 15 is 0 Å². The number of anilines is 1. The molecule has 29 heavy (non-hydrogen) atoms. The maximum absolute atomic E-state index is 13.7. The minimum absolute atomic E-state index is 0.176. The van der Waals surface area contributed by atoms with E-state index in [0.717, 1.165) is 11.0 Å². The first-order chi connectivity index (χ1) is 14.1. The number of rotatable bonds is 3. The Balaban J connectivity index is 1.59. The van der Waals surface area contributed by atoms with Gasteiger partial charge in [0.1, 0.15) is 11.9 Å². The van der Waals surface area contributed by atoms with Crippen molar-refractivity contribution < 1.29 is 18.8 Å². The monoisotopic (exact) mass is 389 g/mol. The van der Waals surface area contributed by atoms with Crippen molar-refractivity contribution in [2.24, 2.45) is 16.9 Å². The van der Waals surface area contributed by atoms with Crippen LogP contribution in [0.25, 0.3) is 0 Å². The van der Waals surface area contributed by atoms with Crippen molar-refractivity contribution in [3.8, 4) is 0 Å². The molecule has 0 N–H and O–H groups in total. The second kappa shape index (κ2) is 6.48. The maximum Gasteiger partial charge on any atom is 0.240 e. The van der Waals surface area contributed by atoms with E-state index in [-0.39, 0.29) is 11.5 Å². The van der Waals surface area contributed by atoms with Gasteiger partial charge in [-0.1, -0.05) is 42.5 Å². The van der Waals surface area contributed by atoms with Gasteiger partial charge >= 0.3 is 0 Å². The van der Waals surface area contributed by atoms with E-state index in [1.807, 2.05) is 0 Å². The number of carbonyl (C=O) groups excluding carboxylic acids is 3. The Hall–Kier alpha value is -3.61. The summed E-state index contributed by atoms with van der Waals surface area (Å²) >= 11 is 0. The molecule has 0 aliphatic carbocycles. The van der Waals surface area contributed by atoms with Gasteiger partial charge in [-0.2, -0.15) is 5.10 Å². The van der Waals surface area contributed by atoms with E-state index in [9.17, 15) is 18.8 Å². The minimum atomic E-state index is -0.899. The zero-order valence-corrected chi connectivity index (χ0v) is 15.2. The second-order valence-corrected chi connectivity index (χ2v) is 7.24. The molecule has 0 aromatic heterocycles. The fraction of sp³-hybridized carbons (Fsp3) is 0.182. The van der Waals surface area contributed by atoms with E-state index in [2.05, 4.69) is 5.10 Å². The van der Waals surface area contributed by atoms with Crippen molar-refractivity contribution in [3.05, 3.63) is 78.1 Å². The van der Waals surface area contributed by atoms with E-state index < -0.39 is 41.6 Å². The lowest BCUT2D eigenvalue weighted by atomic mass is 9.86. The van der Waals surface area contributed by atoms with Crippen LogP contribution >= 0.6 is 0 Å². The van der Waals surface area contributed by atoms with Gasteiger partial charge in [0, 0.05) is 11.8 Å². The molecular formula is C22H16FN3O3. The van der Waals surface area contributed by atoms with Crippen molar-refractivity contribution in [1.82, 2.24) is 5.01 Å². The van der Waals surface area contributed by atoms with E-state index in [4.69, 9.17) is 0 Å². The third kappa shape index (κ3) is 2.54. The summed E-state index contributed by atoms with van der Waals surface area (Å²) in [4.78, 5) is 40.9. The number of halogens is 1. The fourth-order valence-electron chi connectivity index (χ4n) is 4.48. The number of Topliss-reactive ketones (excluding diaryl/α,β-unsaturated/α-hetero) is 1. The number of carbonyl (C=O) groups is 3.